The predicted octanol–water partition coefficient (Wildman–Crippen LogP) is -0.633. The molecule has 0 saturated heterocycles. The van der Waals surface area contributed by atoms with Crippen molar-refractivity contribution in [2.24, 2.45) is 5.18 Å². The Morgan fingerprint density at radius 3 is 2.46 bits per heavy atom. The van der Waals surface area contributed by atoms with E-state index in [0.717, 1.165) is 0 Å². The molecule has 0 saturated carbocycles. The van der Waals surface area contributed by atoms with Crippen LogP contribution in [0.3, 0.4) is 0 Å². The molecule has 1 aliphatic rings. The number of ether oxygens (including phenoxy) is 1. The van der Waals surface area contributed by atoms with Crippen LogP contribution in [-0.4, -0.2) is 40.0 Å². The number of carbonyl (C=O) groups is 1. The van der Waals surface area contributed by atoms with Gasteiger partial charge in [0, 0.05) is 0 Å². The van der Waals surface area contributed by atoms with E-state index in [2.05, 4.69) is 9.91 Å². The third-order valence-corrected chi connectivity index (χ3v) is 1.61. The van der Waals surface area contributed by atoms with Crippen LogP contribution in [0.2, 0.25) is 0 Å². The normalized spacial score (nSPS) is 24.4. The highest BCUT2D eigenvalue weighted by Gasteiger charge is 2.40. The van der Waals surface area contributed by atoms with Gasteiger partial charge >= 0.3 is 5.97 Å². The summed E-state index contributed by atoms with van der Waals surface area (Å²) in [7, 11) is 0. The summed E-state index contributed by atoms with van der Waals surface area (Å²) in [5.41, 5.74) is 0. The zero-order valence-corrected chi connectivity index (χ0v) is 6.38. The zero-order valence-electron chi connectivity index (χ0n) is 6.38. The fraction of sp³-hybridized carbons (Fsp3) is 0.500. The lowest BCUT2D eigenvalue weighted by molar-refractivity contribution is -0.143. The Morgan fingerprint density at radius 2 is 2.15 bits per heavy atom. The van der Waals surface area contributed by atoms with Crippen molar-refractivity contribution in [2.75, 3.05) is 6.61 Å². The minimum Gasteiger partial charge on any atom is -0.505 e. The van der Waals surface area contributed by atoms with Crippen LogP contribution in [0.5, 0.6) is 0 Å². The Morgan fingerprint density at radius 1 is 1.54 bits per heavy atom. The Labute approximate surface area is 72.2 Å². The van der Waals surface area contributed by atoms with Gasteiger partial charge < -0.3 is 20.1 Å². The van der Waals surface area contributed by atoms with Crippen molar-refractivity contribution in [3.05, 3.63) is 16.4 Å². The topological polar surface area (TPSA) is 116 Å². The standard InChI is InChI=1S/C6H7NO6/c8-1-2(7-12)5-3(9)4(10)6(11)13-5/h2,5,8-10H,1H2. The van der Waals surface area contributed by atoms with Crippen LogP contribution >= 0.6 is 0 Å². The van der Waals surface area contributed by atoms with Gasteiger partial charge in [0.15, 0.2) is 17.9 Å². The van der Waals surface area contributed by atoms with Crippen molar-refractivity contribution in [2.45, 2.75) is 12.1 Å². The number of rotatable bonds is 3. The second-order valence-corrected chi connectivity index (χ2v) is 2.42. The molecule has 0 amide bonds. The quantitative estimate of drug-likeness (QED) is 0.402. The van der Waals surface area contributed by atoms with Crippen LogP contribution < -0.4 is 0 Å². The summed E-state index contributed by atoms with van der Waals surface area (Å²) in [5, 5.41) is 28.8. The fourth-order valence-electron chi connectivity index (χ4n) is 0.911. The fourth-order valence-corrected chi connectivity index (χ4v) is 0.911. The lowest BCUT2D eigenvalue weighted by Crippen LogP contribution is -2.29. The van der Waals surface area contributed by atoms with Crippen LogP contribution in [0, 0.1) is 4.91 Å². The lowest BCUT2D eigenvalue weighted by atomic mass is 10.1. The maximum absolute atomic E-state index is 10.6. The maximum atomic E-state index is 10.6. The highest BCUT2D eigenvalue weighted by molar-refractivity contribution is 5.89. The third kappa shape index (κ3) is 1.45. The molecule has 1 rings (SSSR count). The molecular weight excluding hydrogens is 182 g/mol. The number of nitrogens with zero attached hydrogens (tertiary/aromatic N) is 1. The summed E-state index contributed by atoms with van der Waals surface area (Å²) < 4.78 is 4.36. The molecule has 0 radical (unpaired) electrons. The van der Waals surface area contributed by atoms with Crippen molar-refractivity contribution < 1.29 is 24.9 Å². The van der Waals surface area contributed by atoms with E-state index in [9.17, 15) is 9.70 Å². The van der Waals surface area contributed by atoms with Gasteiger partial charge in [-0.1, -0.05) is 5.18 Å². The van der Waals surface area contributed by atoms with Gasteiger partial charge in [0.05, 0.1) is 6.61 Å². The zero-order chi connectivity index (χ0) is 10.0. The molecule has 3 N–H and O–H groups in total. The Hall–Kier alpha value is -1.63. The van der Waals surface area contributed by atoms with Gasteiger partial charge in [-0.15, -0.1) is 0 Å². The van der Waals surface area contributed by atoms with E-state index in [1.54, 1.807) is 0 Å². The molecule has 0 spiro atoms. The van der Waals surface area contributed by atoms with Crippen molar-refractivity contribution in [3.8, 4) is 0 Å². The molecular formula is C6H7NO6. The summed E-state index contributed by atoms with van der Waals surface area (Å²) in [4.78, 5) is 20.7. The van der Waals surface area contributed by atoms with Gasteiger partial charge in [0.25, 0.3) is 0 Å². The van der Waals surface area contributed by atoms with E-state index >= 15 is 0 Å². The number of hydrogen-bond donors (Lipinski definition) is 3. The van der Waals surface area contributed by atoms with Crippen molar-refractivity contribution in [3.63, 3.8) is 0 Å². The van der Waals surface area contributed by atoms with Gasteiger partial charge in [-0.2, -0.15) is 4.91 Å². The molecule has 13 heavy (non-hydrogen) atoms. The molecule has 7 nitrogen and oxygen atoms in total. The highest BCUT2D eigenvalue weighted by atomic mass is 16.6. The molecule has 1 aliphatic heterocycles. The average molecular weight is 189 g/mol. The molecule has 0 aromatic heterocycles. The van der Waals surface area contributed by atoms with Gasteiger partial charge in [-0.3, -0.25) is 0 Å². The van der Waals surface area contributed by atoms with E-state index < -0.39 is 36.2 Å². The number of hydrogen-bond acceptors (Lipinski definition) is 7. The number of nitroso groups, excluding NO2 is 1. The molecule has 0 aromatic rings. The number of aliphatic hydroxyl groups excluding tert-OH is 3. The van der Waals surface area contributed by atoms with Crippen LogP contribution in [-0.2, 0) is 9.53 Å². The van der Waals surface area contributed by atoms with Gasteiger partial charge in [0.2, 0.25) is 5.76 Å². The number of carbonyl (C=O) groups excluding carboxylic acids is 1. The third-order valence-electron chi connectivity index (χ3n) is 1.61. The lowest BCUT2D eigenvalue weighted by Gasteiger charge is -2.12. The molecule has 1 heterocycles. The first-order chi connectivity index (χ1) is 6.11. The highest BCUT2D eigenvalue weighted by Crippen LogP contribution is 2.22. The van der Waals surface area contributed by atoms with Crippen molar-refractivity contribution in [1.82, 2.24) is 0 Å². The van der Waals surface area contributed by atoms with E-state index in [-0.39, 0.29) is 0 Å². The SMILES string of the molecule is O=NC(CO)C1OC(=O)C(O)=C1O. The minimum atomic E-state index is -1.38. The smallest absolute Gasteiger partial charge is 0.377 e. The Bertz CT molecular complexity index is 272. The van der Waals surface area contributed by atoms with E-state index in [0.29, 0.717) is 0 Å². The summed E-state index contributed by atoms with van der Waals surface area (Å²) in [6, 6.07) is -1.30. The average Bonchev–Trinajstić information content (AvgIpc) is 2.36. The molecule has 2 atom stereocenters. The van der Waals surface area contributed by atoms with Crippen LogP contribution in [0.4, 0.5) is 0 Å². The minimum absolute atomic E-state index is 0.682. The molecule has 2 unspecified atom stereocenters. The first-order valence-electron chi connectivity index (χ1n) is 3.38. The summed E-state index contributed by atoms with van der Waals surface area (Å²) in [6.07, 6.45) is -1.38. The van der Waals surface area contributed by atoms with E-state index in [4.69, 9.17) is 15.3 Å². The number of cyclic esters (lactones) is 1. The number of aliphatic hydroxyl groups is 3. The second kappa shape index (κ2) is 3.40. The predicted molar refractivity (Wildman–Crippen MR) is 38.8 cm³/mol. The van der Waals surface area contributed by atoms with Crippen molar-refractivity contribution in [1.29, 1.82) is 0 Å². The maximum Gasteiger partial charge on any atom is 0.377 e. The van der Waals surface area contributed by atoms with Crippen LogP contribution in [0.25, 0.3) is 0 Å². The van der Waals surface area contributed by atoms with E-state index in [1.165, 1.54) is 0 Å². The van der Waals surface area contributed by atoms with Gasteiger partial charge in [-0.05, 0) is 0 Å². The summed E-state index contributed by atoms with van der Waals surface area (Å²) >= 11 is 0. The Balaban J connectivity index is 2.86. The first-order valence-corrected chi connectivity index (χ1v) is 3.38. The molecule has 0 aromatic carbocycles. The molecule has 0 fully saturated rings. The largest absolute Gasteiger partial charge is 0.505 e. The second-order valence-electron chi connectivity index (χ2n) is 2.42. The first kappa shape index (κ1) is 9.46. The van der Waals surface area contributed by atoms with E-state index in [1.807, 2.05) is 0 Å². The molecule has 0 aliphatic carbocycles. The summed E-state index contributed by atoms with van der Waals surface area (Å²) in [6.45, 7) is -0.682. The number of esters is 1. The Kier molecular flexibility index (Phi) is 2.47. The molecule has 7 heteroatoms. The van der Waals surface area contributed by atoms with Crippen LogP contribution in [0.15, 0.2) is 16.7 Å². The molecule has 0 bridgehead atoms. The van der Waals surface area contributed by atoms with Crippen molar-refractivity contribution >= 4 is 5.97 Å². The monoisotopic (exact) mass is 189 g/mol. The summed E-state index contributed by atoms with van der Waals surface area (Å²) in [5.74, 6) is -2.86. The van der Waals surface area contributed by atoms with Gasteiger partial charge in [0.1, 0.15) is 0 Å². The molecule has 72 valence electrons. The van der Waals surface area contributed by atoms with Crippen LogP contribution in [0.1, 0.15) is 0 Å². The van der Waals surface area contributed by atoms with Gasteiger partial charge in [-0.25, -0.2) is 4.79 Å².